The van der Waals surface area contributed by atoms with Crippen LogP contribution in [0.2, 0.25) is 0 Å². The number of hydrogen-bond donors (Lipinski definition) is 1. The fourth-order valence-corrected chi connectivity index (χ4v) is 2.85. The molecule has 1 aliphatic heterocycles. The van der Waals surface area contributed by atoms with Crippen molar-refractivity contribution in [2.45, 2.75) is 32.2 Å². The zero-order valence-electron chi connectivity index (χ0n) is 12.9. The van der Waals surface area contributed by atoms with Crippen molar-refractivity contribution < 1.29 is 19.0 Å². The molecule has 1 heterocycles. The van der Waals surface area contributed by atoms with Crippen LogP contribution in [0.25, 0.3) is 0 Å². The Bertz CT molecular complexity index is 539. The normalized spacial score (nSPS) is 23.3. The van der Waals surface area contributed by atoms with Gasteiger partial charge in [0.1, 0.15) is 0 Å². The second kappa shape index (κ2) is 5.64. The molecule has 1 saturated heterocycles. The Kier molecular flexibility index (Phi) is 4.23. The van der Waals surface area contributed by atoms with Gasteiger partial charge in [-0.15, -0.1) is 0 Å². The maximum atomic E-state index is 13.5. The molecule has 2 rings (SSSR count). The van der Waals surface area contributed by atoms with Gasteiger partial charge in [0.25, 0.3) is 0 Å². The summed E-state index contributed by atoms with van der Waals surface area (Å²) in [7, 11) is 1.41. The van der Waals surface area contributed by atoms with Gasteiger partial charge in [0.2, 0.25) is 0 Å². The van der Waals surface area contributed by atoms with Crippen LogP contribution >= 0.6 is 0 Å². The van der Waals surface area contributed by atoms with Crippen molar-refractivity contribution in [2.75, 3.05) is 20.2 Å². The van der Waals surface area contributed by atoms with E-state index in [1.165, 1.54) is 13.2 Å². The van der Waals surface area contributed by atoms with Gasteiger partial charge < -0.3 is 9.84 Å². The summed E-state index contributed by atoms with van der Waals surface area (Å²) in [6.07, 6.45) is 0. The minimum absolute atomic E-state index is 0.0907. The van der Waals surface area contributed by atoms with E-state index in [9.17, 15) is 14.3 Å². The molecule has 1 N–H and O–H groups in total. The largest absolute Gasteiger partial charge is 0.494 e. The van der Waals surface area contributed by atoms with E-state index in [4.69, 9.17) is 4.74 Å². The van der Waals surface area contributed by atoms with Crippen LogP contribution in [-0.4, -0.2) is 41.7 Å². The third-order valence-electron chi connectivity index (χ3n) is 4.19. The van der Waals surface area contributed by atoms with Gasteiger partial charge >= 0.3 is 5.97 Å². The average molecular weight is 295 g/mol. The zero-order chi connectivity index (χ0) is 15.8. The standard InChI is InChI=1S/C16H22FNO3/c1-16(2,3)18-8-11(12(9-18)15(19)20)10-5-6-13(17)14(7-10)21-4/h5-7,11-12H,8-9H2,1-4H3,(H,19,20)/t11-,12+/m1/s1. The van der Waals surface area contributed by atoms with Crippen LogP contribution in [-0.2, 0) is 4.79 Å². The second-order valence-electron chi connectivity index (χ2n) is 6.52. The van der Waals surface area contributed by atoms with Crippen molar-refractivity contribution in [3.05, 3.63) is 29.6 Å². The molecule has 1 fully saturated rings. The van der Waals surface area contributed by atoms with E-state index in [0.29, 0.717) is 13.1 Å². The van der Waals surface area contributed by atoms with Gasteiger partial charge in [0, 0.05) is 24.5 Å². The molecule has 116 valence electrons. The predicted octanol–water partition coefficient (Wildman–Crippen LogP) is 2.73. The number of carboxylic acids is 1. The Balaban J connectivity index is 2.34. The lowest BCUT2D eigenvalue weighted by Crippen LogP contribution is -2.40. The van der Waals surface area contributed by atoms with Crippen molar-refractivity contribution in [2.24, 2.45) is 5.92 Å². The number of rotatable bonds is 3. The quantitative estimate of drug-likeness (QED) is 0.931. The molecule has 0 radical (unpaired) electrons. The maximum absolute atomic E-state index is 13.5. The number of methoxy groups -OCH3 is 1. The summed E-state index contributed by atoms with van der Waals surface area (Å²) in [4.78, 5) is 13.7. The van der Waals surface area contributed by atoms with E-state index in [1.54, 1.807) is 12.1 Å². The summed E-state index contributed by atoms with van der Waals surface area (Å²) < 4.78 is 18.5. The molecular formula is C16H22FNO3. The number of likely N-dealkylation sites (tertiary alicyclic amines) is 1. The first kappa shape index (κ1) is 15.8. The fourth-order valence-electron chi connectivity index (χ4n) is 2.85. The molecular weight excluding hydrogens is 273 g/mol. The van der Waals surface area contributed by atoms with E-state index < -0.39 is 17.7 Å². The average Bonchev–Trinajstić information content (AvgIpc) is 2.84. The first-order valence-electron chi connectivity index (χ1n) is 7.05. The Morgan fingerprint density at radius 2 is 2.05 bits per heavy atom. The Labute approximate surface area is 124 Å². The van der Waals surface area contributed by atoms with Gasteiger partial charge in [0.15, 0.2) is 11.6 Å². The van der Waals surface area contributed by atoms with Crippen LogP contribution in [0.1, 0.15) is 32.3 Å². The van der Waals surface area contributed by atoms with Gasteiger partial charge in [-0.2, -0.15) is 0 Å². The van der Waals surface area contributed by atoms with Crippen LogP contribution in [0.4, 0.5) is 4.39 Å². The SMILES string of the molecule is COc1cc([C@H]2CN(C(C)(C)C)C[C@@H]2C(=O)O)ccc1F. The second-order valence-corrected chi connectivity index (χ2v) is 6.52. The first-order chi connectivity index (χ1) is 9.74. The molecule has 0 bridgehead atoms. The maximum Gasteiger partial charge on any atom is 0.308 e. The predicted molar refractivity (Wildman–Crippen MR) is 78.1 cm³/mol. The summed E-state index contributed by atoms with van der Waals surface area (Å²) in [5.41, 5.74) is 0.722. The number of carboxylic acid groups (broad SMARTS) is 1. The van der Waals surface area contributed by atoms with Crippen molar-refractivity contribution in [3.8, 4) is 5.75 Å². The highest BCUT2D eigenvalue weighted by molar-refractivity contribution is 5.72. The summed E-state index contributed by atoms with van der Waals surface area (Å²) in [5, 5.41) is 9.48. The monoisotopic (exact) mass is 295 g/mol. The number of hydrogen-bond acceptors (Lipinski definition) is 3. The third-order valence-corrected chi connectivity index (χ3v) is 4.19. The molecule has 0 spiro atoms. The minimum atomic E-state index is -0.810. The molecule has 0 amide bonds. The van der Waals surface area contributed by atoms with E-state index in [-0.39, 0.29) is 17.2 Å². The molecule has 1 aromatic carbocycles. The van der Waals surface area contributed by atoms with Gasteiger partial charge in [-0.1, -0.05) is 6.07 Å². The van der Waals surface area contributed by atoms with E-state index in [0.717, 1.165) is 5.56 Å². The van der Waals surface area contributed by atoms with Gasteiger partial charge in [-0.05, 0) is 38.5 Å². The molecule has 0 unspecified atom stereocenters. The molecule has 21 heavy (non-hydrogen) atoms. The van der Waals surface area contributed by atoms with Gasteiger partial charge in [-0.3, -0.25) is 9.69 Å². The lowest BCUT2D eigenvalue weighted by molar-refractivity contribution is -0.141. The molecule has 5 heteroatoms. The molecule has 2 atom stereocenters. The summed E-state index contributed by atoms with van der Waals surface area (Å²) in [6.45, 7) is 7.36. The van der Waals surface area contributed by atoms with Crippen LogP contribution < -0.4 is 4.74 Å². The number of carbonyl (C=O) groups is 1. The molecule has 0 saturated carbocycles. The highest BCUT2D eigenvalue weighted by atomic mass is 19.1. The molecule has 0 aliphatic carbocycles. The Morgan fingerprint density at radius 3 is 2.57 bits per heavy atom. The van der Waals surface area contributed by atoms with Crippen molar-refractivity contribution in [3.63, 3.8) is 0 Å². The van der Waals surface area contributed by atoms with Crippen molar-refractivity contribution in [1.29, 1.82) is 0 Å². The van der Waals surface area contributed by atoms with E-state index in [2.05, 4.69) is 25.7 Å². The molecule has 0 aromatic heterocycles. The topological polar surface area (TPSA) is 49.8 Å². The van der Waals surface area contributed by atoms with E-state index in [1.807, 2.05) is 0 Å². The van der Waals surface area contributed by atoms with Crippen LogP contribution in [0.5, 0.6) is 5.75 Å². The minimum Gasteiger partial charge on any atom is -0.494 e. The first-order valence-corrected chi connectivity index (χ1v) is 7.05. The smallest absolute Gasteiger partial charge is 0.308 e. The number of benzene rings is 1. The number of halogens is 1. The zero-order valence-corrected chi connectivity index (χ0v) is 12.9. The summed E-state index contributed by atoms with van der Waals surface area (Å²) in [5.74, 6) is -1.73. The highest BCUT2D eigenvalue weighted by Crippen LogP contribution is 2.37. The number of nitrogens with zero attached hydrogens (tertiary/aromatic N) is 1. The molecule has 1 aliphatic rings. The Hall–Kier alpha value is -1.62. The lowest BCUT2D eigenvalue weighted by atomic mass is 9.89. The fraction of sp³-hybridized carbons (Fsp3) is 0.562. The summed E-state index contributed by atoms with van der Waals surface area (Å²) >= 11 is 0. The van der Waals surface area contributed by atoms with Crippen molar-refractivity contribution >= 4 is 5.97 Å². The van der Waals surface area contributed by atoms with Crippen LogP contribution in [0.15, 0.2) is 18.2 Å². The van der Waals surface area contributed by atoms with Crippen molar-refractivity contribution in [1.82, 2.24) is 4.90 Å². The van der Waals surface area contributed by atoms with Gasteiger partial charge in [0.05, 0.1) is 13.0 Å². The summed E-state index contributed by atoms with van der Waals surface area (Å²) in [6, 6.07) is 4.61. The molecule has 1 aromatic rings. The van der Waals surface area contributed by atoms with Gasteiger partial charge in [-0.25, -0.2) is 4.39 Å². The van der Waals surface area contributed by atoms with Crippen LogP contribution in [0, 0.1) is 11.7 Å². The van der Waals surface area contributed by atoms with E-state index >= 15 is 0 Å². The third kappa shape index (κ3) is 3.18. The highest BCUT2D eigenvalue weighted by Gasteiger charge is 2.42. The molecule has 4 nitrogen and oxygen atoms in total. The number of ether oxygens (including phenoxy) is 1. The number of aliphatic carboxylic acids is 1. The Morgan fingerprint density at radius 1 is 1.38 bits per heavy atom. The lowest BCUT2D eigenvalue weighted by Gasteiger charge is -2.31. The van der Waals surface area contributed by atoms with Crippen LogP contribution in [0.3, 0.4) is 0 Å².